The third-order valence-electron chi connectivity index (χ3n) is 3.37. The maximum atomic E-state index is 11.5. The number of carbonyl (C=O) groups is 1. The van der Waals surface area contributed by atoms with E-state index in [1.165, 1.54) is 12.7 Å². The minimum atomic E-state index is -0.228. The average molecular weight is 275 g/mol. The van der Waals surface area contributed by atoms with E-state index in [1.807, 2.05) is 30.3 Å². The van der Waals surface area contributed by atoms with Gasteiger partial charge in [-0.1, -0.05) is 23.8 Å². The van der Waals surface area contributed by atoms with Crippen LogP contribution >= 0.6 is 0 Å². The molecule has 0 saturated heterocycles. The summed E-state index contributed by atoms with van der Waals surface area (Å²) >= 11 is 0. The van der Waals surface area contributed by atoms with E-state index in [0.717, 1.165) is 30.8 Å². The summed E-state index contributed by atoms with van der Waals surface area (Å²) in [4.78, 5) is 13.7. The summed E-state index contributed by atoms with van der Waals surface area (Å²) in [5, 5.41) is 0. The second-order valence-electron chi connectivity index (χ2n) is 4.95. The van der Waals surface area contributed by atoms with Gasteiger partial charge >= 0.3 is 5.97 Å². The second-order valence-corrected chi connectivity index (χ2v) is 4.95. The van der Waals surface area contributed by atoms with E-state index in [4.69, 9.17) is 9.47 Å². The Hall–Kier alpha value is -1.81. The number of ether oxygens (including phenoxy) is 2. The van der Waals surface area contributed by atoms with Gasteiger partial charge in [-0.15, -0.1) is 0 Å². The van der Waals surface area contributed by atoms with Crippen molar-refractivity contribution in [2.75, 3.05) is 33.4 Å². The molecular weight excluding hydrogens is 254 g/mol. The van der Waals surface area contributed by atoms with Crippen LogP contribution in [0.4, 0.5) is 0 Å². The quantitative estimate of drug-likeness (QED) is 0.772. The fourth-order valence-corrected chi connectivity index (χ4v) is 2.20. The summed E-state index contributed by atoms with van der Waals surface area (Å²) < 4.78 is 10.5. The van der Waals surface area contributed by atoms with Crippen LogP contribution in [-0.2, 0) is 9.53 Å². The van der Waals surface area contributed by atoms with Crippen LogP contribution in [0.5, 0.6) is 5.75 Å². The zero-order valence-electron chi connectivity index (χ0n) is 12.1. The highest BCUT2D eigenvalue weighted by Gasteiger charge is 2.18. The minimum absolute atomic E-state index is 0.228. The second kappa shape index (κ2) is 7.10. The maximum Gasteiger partial charge on any atom is 0.334 e. The van der Waals surface area contributed by atoms with Crippen LogP contribution in [0.3, 0.4) is 0 Å². The van der Waals surface area contributed by atoms with Crippen molar-refractivity contribution in [1.82, 2.24) is 4.90 Å². The molecule has 1 heterocycles. The van der Waals surface area contributed by atoms with Gasteiger partial charge in [-0.05, 0) is 25.5 Å². The first kappa shape index (κ1) is 14.6. The minimum Gasteiger partial charge on any atom is -0.492 e. The Bertz CT molecular complexity index is 479. The number of methoxy groups -OCH3 is 1. The molecular formula is C16H21NO3. The Morgan fingerprint density at radius 2 is 2.05 bits per heavy atom. The van der Waals surface area contributed by atoms with E-state index in [9.17, 15) is 4.79 Å². The highest BCUT2D eigenvalue weighted by molar-refractivity contribution is 5.88. The molecule has 2 rings (SSSR count). The molecule has 0 bridgehead atoms. The number of aryl methyl sites for hydroxylation is 1. The van der Waals surface area contributed by atoms with Gasteiger partial charge < -0.3 is 9.47 Å². The highest BCUT2D eigenvalue weighted by Crippen LogP contribution is 2.13. The first-order chi connectivity index (χ1) is 9.69. The Morgan fingerprint density at radius 1 is 1.30 bits per heavy atom. The third kappa shape index (κ3) is 4.10. The van der Waals surface area contributed by atoms with Crippen molar-refractivity contribution < 1.29 is 14.3 Å². The molecule has 1 aromatic rings. The van der Waals surface area contributed by atoms with Crippen LogP contribution in [0.2, 0.25) is 0 Å². The lowest BCUT2D eigenvalue weighted by molar-refractivity contribution is -0.136. The summed E-state index contributed by atoms with van der Waals surface area (Å²) in [6.07, 6.45) is 2.85. The van der Waals surface area contributed by atoms with Crippen molar-refractivity contribution in [3.05, 3.63) is 41.5 Å². The van der Waals surface area contributed by atoms with Gasteiger partial charge in [0.25, 0.3) is 0 Å². The van der Waals surface area contributed by atoms with E-state index < -0.39 is 0 Å². The molecule has 1 aromatic carbocycles. The number of hydrogen-bond acceptors (Lipinski definition) is 4. The van der Waals surface area contributed by atoms with Gasteiger partial charge in [0, 0.05) is 25.2 Å². The topological polar surface area (TPSA) is 38.8 Å². The molecule has 0 N–H and O–H groups in total. The number of nitrogens with zero attached hydrogens (tertiary/aromatic N) is 1. The fourth-order valence-electron chi connectivity index (χ4n) is 2.20. The SMILES string of the molecule is COC(=O)C1=CCCN(CCOc2ccc(C)cc2)C1. The van der Waals surface area contributed by atoms with Crippen molar-refractivity contribution in [3.63, 3.8) is 0 Å². The molecule has 0 radical (unpaired) electrons. The van der Waals surface area contributed by atoms with E-state index >= 15 is 0 Å². The Labute approximate surface area is 120 Å². The van der Waals surface area contributed by atoms with E-state index in [1.54, 1.807) is 0 Å². The zero-order chi connectivity index (χ0) is 14.4. The lowest BCUT2D eigenvalue weighted by atomic mass is 10.1. The number of hydrogen-bond donors (Lipinski definition) is 0. The molecule has 0 amide bonds. The van der Waals surface area contributed by atoms with Gasteiger partial charge in [-0.2, -0.15) is 0 Å². The van der Waals surface area contributed by atoms with Gasteiger partial charge in [-0.25, -0.2) is 4.79 Å². The van der Waals surface area contributed by atoms with Crippen LogP contribution < -0.4 is 4.74 Å². The summed E-state index contributed by atoms with van der Waals surface area (Å²) in [5.41, 5.74) is 1.97. The molecule has 0 aliphatic carbocycles. The molecule has 0 fully saturated rings. The number of esters is 1. The molecule has 4 heteroatoms. The Morgan fingerprint density at radius 3 is 2.75 bits per heavy atom. The van der Waals surface area contributed by atoms with Gasteiger partial charge in [0.15, 0.2) is 0 Å². The lowest BCUT2D eigenvalue weighted by Gasteiger charge is -2.26. The summed E-state index contributed by atoms with van der Waals surface area (Å²) in [5.74, 6) is 0.658. The van der Waals surface area contributed by atoms with E-state index in [-0.39, 0.29) is 5.97 Å². The van der Waals surface area contributed by atoms with Crippen molar-refractivity contribution >= 4 is 5.97 Å². The molecule has 0 atom stereocenters. The average Bonchev–Trinajstić information content (AvgIpc) is 2.49. The third-order valence-corrected chi connectivity index (χ3v) is 3.37. The standard InChI is InChI=1S/C16H21NO3/c1-13-5-7-15(8-6-13)20-11-10-17-9-3-4-14(12-17)16(18)19-2/h4-8H,3,9-12H2,1-2H3. The van der Waals surface area contributed by atoms with Crippen LogP contribution in [0.15, 0.2) is 35.9 Å². The predicted octanol–water partition coefficient (Wildman–Crippen LogP) is 2.18. The number of carbonyl (C=O) groups excluding carboxylic acids is 1. The van der Waals surface area contributed by atoms with Gasteiger partial charge in [-0.3, -0.25) is 4.90 Å². The van der Waals surface area contributed by atoms with Crippen LogP contribution in [0.25, 0.3) is 0 Å². The Kier molecular flexibility index (Phi) is 5.18. The molecule has 1 aliphatic heterocycles. The van der Waals surface area contributed by atoms with Crippen LogP contribution in [0.1, 0.15) is 12.0 Å². The molecule has 0 aromatic heterocycles. The lowest BCUT2D eigenvalue weighted by Crippen LogP contribution is -2.35. The molecule has 0 spiro atoms. The zero-order valence-corrected chi connectivity index (χ0v) is 12.1. The summed E-state index contributed by atoms with van der Waals surface area (Å²) in [6, 6.07) is 8.03. The first-order valence-corrected chi connectivity index (χ1v) is 6.88. The van der Waals surface area contributed by atoms with Crippen molar-refractivity contribution in [2.45, 2.75) is 13.3 Å². The molecule has 108 valence electrons. The number of rotatable bonds is 5. The monoisotopic (exact) mass is 275 g/mol. The van der Waals surface area contributed by atoms with Crippen LogP contribution in [-0.4, -0.2) is 44.2 Å². The highest BCUT2D eigenvalue weighted by atomic mass is 16.5. The summed E-state index contributed by atoms with van der Waals surface area (Å²) in [7, 11) is 1.42. The predicted molar refractivity (Wildman–Crippen MR) is 77.8 cm³/mol. The molecule has 0 unspecified atom stereocenters. The summed E-state index contributed by atoms with van der Waals surface area (Å²) in [6.45, 7) is 5.08. The fraction of sp³-hybridized carbons (Fsp3) is 0.438. The smallest absolute Gasteiger partial charge is 0.334 e. The van der Waals surface area contributed by atoms with Gasteiger partial charge in [0.2, 0.25) is 0 Å². The Balaban J connectivity index is 1.76. The molecule has 20 heavy (non-hydrogen) atoms. The van der Waals surface area contributed by atoms with Crippen molar-refractivity contribution in [3.8, 4) is 5.75 Å². The normalized spacial score (nSPS) is 15.6. The maximum absolute atomic E-state index is 11.5. The van der Waals surface area contributed by atoms with Gasteiger partial charge in [0.05, 0.1) is 7.11 Å². The van der Waals surface area contributed by atoms with E-state index in [2.05, 4.69) is 11.8 Å². The van der Waals surface area contributed by atoms with E-state index in [0.29, 0.717) is 13.2 Å². The van der Waals surface area contributed by atoms with Gasteiger partial charge in [0.1, 0.15) is 12.4 Å². The molecule has 4 nitrogen and oxygen atoms in total. The largest absolute Gasteiger partial charge is 0.492 e. The van der Waals surface area contributed by atoms with Crippen molar-refractivity contribution in [2.24, 2.45) is 0 Å². The first-order valence-electron chi connectivity index (χ1n) is 6.88. The molecule has 0 saturated carbocycles. The van der Waals surface area contributed by atoms with Crippen LogP contribution in [0, 0.1) is 6.92 Å². The van der Waals surface area contributed by atoms with Crippen molar-refractivity contribution in [1.29, 1.82) is 0 Å². The molecule has 1 aliphatic rings. The number of benzene rings is 1.